The van der Waals surface area contributed by atoms with Crippen LogP contribution in [0.3, 0.4) is 0 Å². The molecular formula is C9H10ClNO. The van der Waals surface area contributed by atoms with Gasteiger partial charge < -0.3 is 5.73 Å². The number of rotatable bonds is 0. The summed E-state index contributed by atoms with van der Waals surface area (Å²) in [5, 5.41) is 0. The van der Waals surface area contributed by atoms with Crippen LogP contribution in [0.25, 0.3) is 0 Å². The fourth-order valence-electron chi connectivity index (χ4n) is 1.75. The number of alkyl halides is 1. The maximum atomic E-state index is 11.5. The highest BCUT2D eigenvalue weighted by atomic mass is 35.5. The minimum absolute atomic E-state index is 0.116. The lowest BCUT2D eigenvalue weighted by Gasteiger charge is -2.11. The lowest BCUT2D eigenvalue weighted by Crippen LogP contribution is -2.38. The van der Waals surface area contributed by atoms with Crippen LogP contribution >= 0.6 is 11.6 Å². The van der Waals surface area contributed by atoms with Crippen LogP contribution in [-0.4, -0.2) is 10.8 Å². The zero-order valence-electron chi connectivity index (χ0n) is 6.64. The number of nitrogens with two attached hydrogens (primary N) is 1. The quantitative estimate of drug-likeness (QED) is 0.457. The first kappa shape index (κ1) is 8.02. The molecule has 0 fully saturated rings. The number of allylic oxidation sites excluding steroid dienone is 2. The molecule has 0 aromatic carbocycles. The van der Waals surface area contributed by atoms with Crippen molar-refractivity contribution in [1.82, 2.24) is 0 Å². The van der Waals surface area contributed by atoms with E-state index in [4.69, 9.17) is 17.3 Å². The van der Waals surface area contributed by atoms with Crippen molar-refractivity contribution in [3.8, 4) is 0 Å². The van der Waals surface area contributed by atoms with E-state index < -0.39 is 5.00 Å². The second-order valence-electron chi connectivity index (χ2n) is 3.33. The van der Waals surface area contributed by atoms with Crippen LogP contribution in [0.2, 0.25) is 0 Å². The van der Waals surface area contributed by atoms with E-state index in [2.05, 4.69) is 0 Å². The number of ketones is 1. The summed E-state index contributed by atoms with van der Waals surface area (Å²) in [4.78, 5) is 10.3. The first-order valence-corrected chi connectivity index (χ1v) is 4.40. The van der Waals surface area contributed by atoms with Crippen LogP contribution in [0, 0.1) is 0 Å². The standard InChI is InChI=1S/C9H10ClNO/c10-9(11)5-6-3-1-2-4-7(6)8(9)12/h2,4H,1,3,5,11H2. The Labute approximate surface area is 76.1 Å². The van der Waals surface area contributed by atoms with Gasteiger partial charge in [-0.25, -0.2) is 0 Å². The van der Waals surface area contributed by atoms with Gasteiger partial charge in [-0.1, -0.05) is 29.3 Å². The van der Waals surface area contributed by atoms with E-state index in [-0.39, 0.29) is 5.78 Å². The molecule has 3 heteroatoms. The highest BCUT2D eigenvalue weighted by molar-refractivity contribution is 6.39. The molecule has 2 nitrogen and oxygen atoms in total. The van der Waals surface area contributed by atoms with Gasteiger partial charge in [0, 0.05) is 12.0 Å². The fraction of sp³-hybridized carbons (Fsp3) is 0.444. The normalized spacial score (nSPS) is 34.3. The molecule has 0 aromatic heterocycles. The summed E-state index contributed by atoms with van der Waals surface area (Å²) in [6, 6.07) is 0. The summed E-state index contributed by atoms with van der Waals surface area (Å²) in [7, 11) is 0. The maximum absolute atomic E-state index is 11.5. The van der Waals surface area contributed by atoms with Crippen molar-refractivity contribution in [3.05, 3.63) is 23.3 Å². The van der Waals surface area contributed by atoms with E-state index in [1.807, 2.05) is 12.2 Å². The molecule has 64 valence electrons. The maximum Gasteiger partial charge on any atom is 0.198 e. The molecule has 2 aliphatic carbocycles. The van der Waals surface area contributed by atoms with E-state index in [0.717, 1.165) is 24.0 Å². The van der Waals surface area contributed by atoms with Crippen molar-refractivity contribution in [1.29, 1.82) is 0 Å². The molecule has 2 rings (SSSR count). The van der Waals surface area contributed by atoms with E-state index in [9.17, 15) is 4.79 Å². The Bertz CT molecular complexity index is 302. The Balaban J connectivity index is 2.39. The Morgan fingerprint density at radius 1 is 1.58 bits per heavy atom. The van der Waals surface area contributed by atoms with Crippen LogP contribution in [0.4, 0.5) is 0 Å². The molecule has 2 N–H and O–H groups in total. The number of Topliss-reactive ketones (excluding diaryl/α,β-unsaturated/α-hetero) is 1. The molecule has 0 saturated carbocycles. The second-order valence-corrected chi connectivity index (χ2v) is 4.00. The number of halogens is 1. The van der Waals surface area contributed by atoms with E-state index in [1.165, 1.54) is 0 Å². The molecule has 1 atom stereocenters. The predicted molar refractivity (Wildman–Crippen MR) is 47.8 cm³/mol. The van der Waals surface area contributed by atoms with Gasteiger partial charge in [0.25, 0.3) is 0 Å². The van der Waals surface area contributed by atoms with Crippen molar-refractivity contribution < 1.29 is 4.79 Å². The van der Waals surface area contributed by atoms with Gasteiger partial charge >= 0.3 is 0 Å². The number of hydrogen-bond donors (Lipinski definition) is 1. The lowest BCUT2D eigenvalue weighted by atomic mass is 10.0. The van der Waals surface area contributed by atoms with Crippen molar-refractivity contribution in [2.24, 2.45) is 5.73 Å². The van der Waals surface area contributed by atoms with Crippen molar-refractivity contribution in [2.45, 2.75) is 24.3 Å². The first-order valence-electron chi connectivity index (χ1n) is 4.02. The molecule has 2 aliphatic rings. The van der Waals surface area contributed by atoms with E-state index >= 15 is 0 Å². The molecule has 0 radical (unpaired) electrons. The van der Waals surface area contributed by atoms with E-state index in [1.54, 1.807) is 0 Å². The van der Waals surface area contributed by atoms with Gasteiger partial charge in [0.15, 0.2) is 10.8 Å². The van der Waals surface area contributed by atoms with Gasteiger partial charge in [0.05, 0.1) is 0 Å². The molecule has 0 aliphatic heterocycles. The molecule has 1 unspecified atom stereocenters. The first-order chi connectivity index (χ1) is 5.61. The van der Waals surface area contributed by atoms with Gasteiger partial charge in [-0.3, -0.25) is 4.79 Å². The number of carbonyl (C=O) groups excluding carboxylic acids is 1. The van der Waals surface area contributed by atoms with Crippen LogP contribution < -0.4 is 5.73 Å². The van der Waals surface area contributed by atoms with Gasteiger partial charge in [0.2, 0.25) is 0 Å². The Morgan fingerprint density at radius 3 is 3.00 bits per heavy atom. The Morgan fingerprint density at radius 2 is 2.33 bits per heavy atom. The molecule has 0 spiro atoms. The van der Waals surface area contributed by atoms with Crippen molar-refractivity contribution >= 4 is 17.4 Å². The molecule has 12 heavy (non-hydrogen) atoms. The van der Waals surface area contributed by atoms with E-state index in [0.29, 0.717) is 6.42 Å². The third-order valence-electron chi connectivity index (χ3n) is 2.37. The van der Waals surface area contributed by atoms with Gasteiger partial charge in [0.1, 0.15) is 0 Å². The van der Waals surface area contributed by atoms with Crippen LogP contribution in [-0.2, 0) is 4.79 Å². The number of hydrogen-bond acceptors (Lipinski definition) is 2. The molecule has 0 amide bonds. The lowest BCUT2D eigenvalue weighted by molar-refractivity contribution is -0.116. The summed E-state index contributed by atoms with van der Waals surface area (Å²) in [6.07, 6.45) is 6.29. The largest absolute Gasteiger partial charge is 0.306 e. The predicted octanol–water partition coefficient (Wildman–Crippen LogP) is 1.50. The third-order valence-corrected chi connectivity index (χ3v) is 2.68. The number of carbonyl (C=O) groups is 1. The third kappa shape index (κ3) is 1.03. The Kier molecular flexibility index (Phi) is 1.63. The minimum Gasteiger partial charge on any atom is -0.306 e. The van der Waals surface area contributed by atoms with Gasteiger partial charge in [-0.05, 0) is 12.8 Å². The molecule has 0 saturated heterocycles. The molecular weight excluding hydrogens is 174 g/mol. The van der Waals surface area contributed by atoms with Crippen LogP contribution in [0.5, 0.6) is 0 Å². The molecule has 0 bridgehead atoms. The highest BCUT2D eigenvalue weighted by Crippen LogP contribution is 2.37. The van der Waals surface area contributed by atoms with Crippen LogP contribution in [0.15, 0.2) is 23.3 Å². The average Bonchev–Trinajstić information content (AvgIpc) is 2.24. The summed E-state index contributed by atoms with van der Waals surface area (Å²) in [5.74, 6) is -0.116. The zero-order valence-corrected chi connectivity index (χ0v) is 7.40. The van der Waals surface area contributed by atoms with Crippen molar-refractivity contribution in [2.75, 3.05) is 0 Å². The summed E-state index contributed by atoms with van der Waals surface area (Å²) >= 11 is 5.85. The van der Waals surface area contributed by atoms with Crippen LogP contribution in [0.1, 0.15) is 19.3 Å². The van der Waals surface area contributed by atoms with Crippen molar-refractivity contribution in [3.63, 3.8) is 0 Å². The van der Waals surface area contributed by atoms with Gasteiger partial charge in [-0.2, -0.15) is 0 Å². The SMILES string of the molecule is NC1(Cl)CC2=C(C=CCC2)C1=O. The second kappa shape index (κ2) is 2.44. The fourth-order valence-corrected chi connectivity index (χ4v) is 2.01. The summed E-state index contributed by atoms with van der Waals surface area (Å²) in [6.45, 7) is 0. The summed E-state index contributed by atoms with van der Waals surface area (Å²) in [5.41, 5.74) is 7.50. The van der Waals surface area contributed by atoms with Gasteiger partial charge in [-0.15, -0.1) is 0 Å². The Hall–Kier alpha value is -0.600. The minimum atomic E-state index is -1.15. The topological polar surface area (TPSA) is 43.1 Å². The average molecular weight is 184 g/mol. The summed E-state index contributed by atoms with van der Waals surface area (Å²) < 4.78 is 0. The smallest absolute Gasteiger partial charge is 0.198 e. The highest BCUT2D eigenvalue weighted by Gasteiger charge is 2.41. The monoisotopic (exact) mass is 183 g/mol. The molecule has 0 heterocycles. The zero-order chi connectivity index (χ0) is 8.77. The molecule has 0 aromatic rings.